The molecule has 1 atom stereocenters. The summed E-state index contributed by atoms with van der Waals surface area (Å²) in [6.07, 6.45) is 0. The van der Waals surface area contributed by atoms with Gasteiger partial charge < -0.3 is 0 Å². The molecule has 3 aromatic carbocycles. The SMILES string of the molecule is CC1=C(C)C(C)C([Si](c2cc(C)cc(C)c2)(c2ccc(C)c(C)c2)c2ccc(C)c(C)c2)=C1C. The lowest BCUT2D eigenvalue weighted by molar-refractivity contribution is 0.851. The molecule has 0 spiro atoms. The third-order valence-electron chi connectivity index (χ3n) is 8.58. The van der Waals surface area contributed by atoms with E-state index in [-0.39, 0.29) is 0 Å². The van der Waals surface area contributed by atoms with Gasteiger partial charge in [-0.25, -0.2) is 0 Å². The Morgan fingerprint density at radius 1 is 0.500 bits per heavy atom. The Balaban J connectivity index is 2.25. The van der Waals surface area contributed by atoms with Gasteiger partial charge in [-0.05, 0) is 112 Å². The molecule has 0 fully saturated rings. The average molecular weight is 465 g/mol. The first-order valence-electron chi connectivity index (χ1n) is 12.6. The van der Waals surface area contributed by atoms with Crippen LogP contribution < -0.4 is 15.6 Å². The molecule has 0 nitrogen and oxygen atoms in total. The average Bonchev–Trinajstić information content (AvgIpc) is 2.96. The number of allylic oxidation sites excluding steroid dienone is 4. The minimum Gasteiger partial charge on any atom is -0.0636 e. The summed E-state index contributed by atoms with van der Waals surface area (Å²) in [6, 6.07) is 21.9. The van der Waals surface area contributed by atoms with Gasteiger partial charge in [0.15, 0.2) is 8.07 Å². The van der Waals surface area contributed by atoms with Crippen LogP contribution in [0.25, 0.3) is 0 Å². The van der Waals surface area contributed by atoms with Crippen LogP contribution in [0.4, 0.5) is 0 Å². The number of aryl methyl sites for hydroxylation is 6. The van der Waals surface area contributed by atoms with Crippen molar-refractivity contribution in [2.45, 2.75) is 69.2 Å². The lowest BCUT2D eigenvalue weighted by atomic mass is 10.1. The van der Waals surface area contributed by atoms with E-state index in [9.17, 15) is 0 Å². The van der Waals surface area contributed by atoms with E-state index in [4.69, 9.17) is 0 Å². The molecule has 0 N–H and O–H groups in total. The van der Waals surface area contributed by atoms with Crippen molar-refractivity contribution in [3.05, 3.63) is 110 Å². The maximum absolute atomic E-state index is 2.53. The predicted octanol–water partition coefficient (Wildman–Crippen LogP) is 6.85. The first-order valence-corrected chi connectivity index (χ1v) is 14.6. The molecule has 1 aliphatic rings. The van der Waals surface area contributed by atoms with Gasteiger partial charge in [0.1, 0.15) is 0 Å². The lowest BCUT2D eigenvalue weighted by Gasteiger charge is -2.39. The zero-order valence-electron chi connectivity index (χ0n) is 22.8. The van der Waals surface area contributed by atoms with Crippen LogP contribution in [0.15, 0.2) is 76.5 Å². The molecule has 0 radical (unpaired) electrons. The molecule has 34 heavy (non-hydrogen) atoms. The first kappa shape index (κ1) is 24.5. The highest BCUT2D eigenvalue weighted by molar-refractivity contribution is 7.16. The summed E-state index contributed by atoms with van der Waals surface area (Å²) in [6.45, 7) is 23.0. The molecule has 0 heterocycles. The van der Waals surface area contributed by atoms with Gasteiger partial charge in [0.05, 0.1) is 0 Å². The van der Waals surface area contributed by atoms with Crippen LogP contribution in [0, 0.1) is 47.5 Å². The second-order valence-electron chi connectivity index (χ2n) is 10.8. The minimum atomic E-state index is -2.53. The van der Waals surface area contributed by atoms with E-state index in [0.29, 0.717) is 5.92 Å². The fraction of sp³-hybridized carbons (Fsp3) is 0.333. The molecular formula is C33H40Si. The van der Waals surface area contributed by atoms with Crippen molar-refractivity contribution in [1.29, 1.82) is 0 Å². The summed E-state index contributed by atoms with van der Waals surface area (Å²) >= 11 is 0. The Morgan fingerprint density at radius 2 is 0.971 bits per heavy atom. The normalized spacial score (nSPS) is 16.6. The zero-order chi connectivity index (χ0) is 24.9. The monoisotopic (exact) mass is 464 g/mol. The van der Waals surface area contributed by atoms with Gasteiger partial charge in [-0.15, -0.1) is 0 Å². The van der Waals surface area contributed by atoms with Gasteiger partial charge >= 0.3 is 0 Å². The maximum atomic E-state index is 2.50. The van der Waals surface area contributed by atoms with Gasteiger partial charge in [0.2, 0.25) is 0 Å². The molecule has 0 aliphatic heterocycles. The number of rotatable bonds is 4. The second kappa shape index (κ2) is 8.85. The van der Waals surface area contributed by atoms with Gasteiger partial charge in [-0.3, -0.25) is 0 Å². The molecule has 1 aliphatic carbocycles. The molecule has 3 aromatic rings. The van der Waals surface area contributed by atoms with E-state index in [2.05, 4.69) is 124 Å². The summed E-state index contributed by atoms with van der Waals surface area (Å²) in [4.78, 5) is 0. The van der Waals surface area contributed by atoms with Crippen LogP contribution >= 0.6 is 0 Å². The van der Waals surface area contributed by atoms with E-state index in [0.717, 1.165) is 0 Å². The topological polar surface area (TPSA) is 0 Å². The Kier molecular flexibility index (Phi) is 6.38. The van der Waals surface area contributed by atoms with E-state index in [1.165, 1.54) is 65.7 Å². The van der Waals surface area contributed by atoms with Gasteiger partial charge in [0.25, 0.3) is 0 Å². The smallest absolute Gasteiger partial charge is 0.0636 e. The molecule has 0 bridgehead atoms. The van der Waals surface area contributed by atoms with Crippen LogP contribution in [0.3, 0.4) is 0 Å². The molecule has 0 aromatic heterocycles. The summed E-state index contributed by atoms with van der Waals surface area (Å²) in [5.74, 6) is 0.440. The van der Waals surface area contributed by atoms with Crippen molar-refractivity contribution in [2.24, 2.45) is 5.92 Å². The van der Waals surface area contributed by atoms with Crippen molar-refractivity contribution < 1.29 is 0 Å². The van der Waals surface area contributed by atoms with E-state index >= 15 is 0 Å². The lowest BCUT2D eigenvalue weighted by Crippen LogP contribution is -2.69. The highest BCUT2D eigenvalue weighted by atomic mass is 28.3. The van der Waals surface area contributed by atoms with Crippen molar-refractivity contribution >= 4 is 23.6 Å². The van der Waals surface area contributed by atoms with Crippen molar-refractivity contribution in [3.8, 4) is 0 Å². The molecule has 0 amide bonds. The molecule has 0 saturated carbocycles. The van der Waals surface area contributed by atoms with Crippen LogP contribution in [0.2, 0.25) is 0 Å². The molecule has 176 valence electrons. The van der Waals surface area contributed by atoms with Gasteiger partial charge in [-0.2, -0.15) is 0 Å². The van der Waals surface area contributed by atoms with Crippen LogP contribution in [0.5, 0.6) is 0 Å². The third kappa shape index (κ3) is 3.75. The standard InChI is InChI=1S/C33H40Si/c1-20-15-21(2)17-32(16-20)34(30-13-11-22(3)24(5)18-30,31-14-12-23(4)25(6)19-31)33-28(9)26(7)27(8)29(33)10/h11-19,28H,1-10H3. The fourth-order valence-corrected chi connectivity index (χ4v) is 12.0. The Bertz CT molecular complexity index is 1280. The molecule has 0 saturated heterocycles. The second-order valence-corrected chi connectivity index (χ2v) is 14.6. The van der Waals surface area contributed by atoms with Crippen molar-refractivity contribution in [1.82, 2.24) is 0 Å². The van der Waals surface area contributed by atoms with E-state index < -0.39 is 8.07 Å². The maximum Gasteiger partial charge on any atom is 0.176 e. The Hall–Kier alpha value is -2.64. The molecular weight excluding hydrogens is 424 g/mol. The zero-order valence-corrected chi connectivity index (χ0v) is 23.8. The van der Waals surface area contributed by atoms with Crippen LogP contribution in [-0.2, 0) is 0 Å². The quantitative estimate of drug-likeness (QED) is 0.293. The molecule has 1 heteroatoms. The van der Waals surface area contributed by atoms with E-state index in [1.807, 2.05) is 0 Å². The minimum absolute atomic E-state index is 0.440. The molecule has 1 unspecified atom stereocenters. The van der Waals surface area contributed by atoms with E-state index in [1.54, 1.807) is 5.20 Å². The third-order valence-corrected chi connectivity index (χ3v) is 13.7. The predicted molar refractivity (Wildman–Crippen MR) is 153 cm³/mol. The number of benzene rings is 3. The highest BCUT2D eigenvalue weighted by Gasteiger charge is 2.48. The van der Waals surface area contributed by atoms with Crippen molar-refractivity contribution in [2.75, 3.05) is 0 Å². The summed E-state index contributed by atoms with van der Waals surface area (Å²) in [7, 11) is -2.53. The van der Waals surface area contributed by atoms with Gasteiger partial charge in [0, 0.05) is 0 Å². The van der Waals surface area contributed by atoms with Crippen molar-refractivity contribution in [3.63, 3.8) is 0 Å². The van der Waals surface area contributed by atoms with Crippen LogP contribution in [-0.4, -0.2) is 8.07 Å². The Morgan fingerprint density at radius 3 is 1.35 bits per heavy atom. The number of hydrogen-bond donors (Lipinski definition) is 0. The largest absolute Gasteiger partial charge is 0.176 e. The molecule has 4 rings (SSSR count). The number of hydrogen-bond acceptors (Lipinski definition) is 0. The summed E-state index contributed by atoms with van der Waals surface area (Å²) in [5.41, 5.74) is 12.7. The highest BCUT2D eigenvalue weighted by Crippen LogP contribution is 2.41. The van der Waals surface area contributed by atoms with Crippen LogP contribution in [0.1, 0.15) is 61.1 Å². The van der Waals surface area contributed by atoms with Gasteiger partial charge in [-0.1, -0.05) is 89.0 Å². The Labute approximate surface area is 208 Å². The first-order chi connectivity index (χ1) is 16.0. The summed E-state index contributed by atoms with van der Waals surface area (Å²) < 4.78 is 0. The fourth-order valence-electron chi connectivity index (χ4n) is 6.08. The summed E-state index contributed by atoms with van der Waals surface area (Å²) in [5, 5.41) is 6.19.